The Morgan fingerprint density at radius 2 is 2.11 bits per heavy atom. The van der Waals surface area contributed by atoms with Gasteiger partial charge >= 0.3 is 0 Å². The van der Waals surface area contributed by atoms with Crippen LogP contribution in [0.1, 0.15) is 51.8 Å². The number of rotatable bonds is 4. The molecule has 5 heteroatoms. The number of nitrogens with zero attached hydrogens (tertiary/aromatic N) is 2. The summed E-state index contributed by atoms with van der Waals surface area (Å²) in [5.74, 6) is 1.71. The fraction of sp³-hybridized carbons (Fsp3) is 0.846. The first-order valence-corrected chi connectivity index (χ1v) is 6.63. The van der Waals surface area contributed by atoms with Crippen LogP contribution in [0.2, 0.25) is 0 Å². The predicted octanol–water partition coefficient (Wildman–Crippen LogP) is 1.89. The van der Waals surface area contributed by atoms with Crippen molar-refractivity contribution in [1.29, 1.82) is 0 Å². The molecule has 1 aliphatic heterocycles. The van der Waals surface area contributed by atoms with Gasteiger partial charge in [-0.05, 0) is 34.1 Å². The highest BCUT2D eigenvalue weighted by Crippen LogP contribution is 2.28. The molecule has 0 radical (unpaired) electrons. The second-order valence-corrected chi connectivity index (χ2v) is 6.04. The Bertz CT molecular complexity index is 384. The van der Waals surface area contributed by atoms with Gasteiger partial charge in [0, 0.05) is 18.5 Å². The lowest BCUT2D eigenvalue weighted by atomic mass is 10.1. The largest absolute Gasteiger partial charge is 0.425 e. The lowest BCUT2D eigenvalue weighted by Gasteiger charge is -2.19. The molecule has 1 aromatic heterocycles. The van der Waals surface area contributed by atoms with Crippen molar-refractivity contribution in [2.75, 3.05) is 13.2 Å². The molecule has 0 bridgehead atoms. The average molecular weight is 253 g/mol. The highest BCUT2D eigenvalue weighted by molar-refractivity contribution is 4.95. The molecule has 2 atom stereocenters. The van der Waals surface area contributed by atoms with Crippen molar-refractivity contribution >= 4 is 0 Å². The van der Waals surface area contributed by atoms with Gasteiger partial charge in [0.25, 0.3) is 0 Å². The van der Waals surface area contributed by atoms with E-state index >= 15 is 0 Å². The van der Waals surface area contributed by atoms with Gasteiger partial charge in [0.2, 0.25) is 11.8 Å². The zero-order valence-electron chi connectivity index (χ0n) is 11.7. The van der Waals surface area contributed by atoms with E-state index < -0.39 is 0 Å². The number of aromatic nitrogens is 2. The molecule has 5 nitrogen and oxygen atoms in total. The maximum absolute atomic E-state index is 5.69. The molecule has 2 rings (SSSR count). The van der Waals surface area contributed by atoms with E-state index in [0.29, 0.717) is 18.6 Å². The number of hydrogen-bond donors (Lipinski definition) is 1. The first-order valence-electron chi connectivity index (χ1n) is 6.63. The molecule has 1 fully saturated rings. The van der Waals surface area contributed by atoms with Crippen molar-refractivity contribution < 1.29 is 9.15 Å². The summed E-state index contributed by atoms with van der Waals surface area (Å²) < 4.78 is 11.2. The summed E-state index contributed by atoms with van der Waals surface area (Å²) in [5, 5.41) is 11.6. The minimum Gasteiger partial charge on any atom is -0.425 e. The number of nitrogens with one attached hydrogen (secondary N) is 1. The maximum Gasteiger partial charge on any atom is 0.222 e. The molecule has 1 saturated heterocycles. The highest BCUT2D eigenvalue weighted by atomic mass is 16.5. The van der Waals surface area contributed by atoms with Gasteiger partial charge in [0.15, 0.2) is 0 Å². The van der Waals surface area contributed by atoms with E-state index in [9.17, 15) is 0 Å². The Labute approximate surface area is 108 Å². The molecule has 0 aliphatic carbocycles. The van der Waals surface area contributed by atoms with Crippen molar-refractivity contribution in [2.24, 2.45) is 0 Å². The van der Waals surface area contributed by atoms with Gasteiger partial charge in [0.1, 0.15) is 0 Å². The molecule has 1 aliphatic rings. The molecular formula is C13H23N3O2. The fourth-order valence-electron chi connectivity index (χ4n) is 2.07. The Kier molecular flexibility index (Phi) is 4.02. The van der Waals surface area contributed by atoms with E-state index in [0.717, 1.165) is 25.3 Å². The van der Waals surface area contributed by atoms with Gasteiger partial charge in [-0.15, -0.1) is 10.2 Å². The minimum atomic E-state index is 0.123. The standard InChI is InChI=1S/C13H23N3O2/c1-9-7-10(8-17-9)12-16-15-11(18-12)5-6-14-13(2,3)4/h9-10,14H,5-8H2,1-4H3. The Morgan fingerprint density at radius 3 is 2.72 bits per heavy atom. The molecule has 0 amide bonds. The normalized spacial score (nSPS) is 24.7. The first-order chi connectivity index (χ1) is 8.44. The van der Waals surface area contributed by atoms with Crippen LogP contribution >= 0.6 is 0 Å². The lowest BCUT2D eigenvalue weighted by Crippen LogP contribution is -2.37. The highest BCUT2D eigenvalue weighted by Gasteiger charge is 2.28. The van der Waals surface area contributed by atoms with Crippen molar-refractivity contribution in [3.05, 3.63) is 11.8 Å². The van der Waals surface area contributed by atoms with Crippen LogP contribution in [0.5, 0.6) is 0 Å². The molecule has 2 unspecified atom stereocenters. The molecule has 18 heavy (non-hydrogen) atoms. The van der Waals surface area contributed by atoms with E-state index in [1.807, 2.05) is 0 Å². The molecule has 2 heterocycles. The van der Waals surface area contributed by atoms with Crippen LogP contribution in [-0.2, 0) is 11.2 Å². The summed E-state index contributed by atoms with van der Waals surface area (Å²) in [5.41, 5.74) is 0.123. The molecule has 0 aromatic carbocycles. The summed E-state index contributed by atoms with van der Waals surface area (Å²) >= 11 is 0. The molecule has 102 valence electrons. The van der Waals surface area contributed by atoms with E-state index in [4.69, 9.17) is 9.15 Å². The van der Waals surface area contributed by atoms with Crippen LogP contribution in [0.4, 0.5) is 0 Å². The molecule has 1 N–H and O–H groups in total. The van der Waals surface area contributed by atoms with Crippen LogP contribution in [0.15, 0.2) is 4.42 Å². The third kappa shape index (κ3) is 3.78. The molecular weight excluding hydrogens is 230 g/mol. The number of hydrogen-bond acceptors (Lipinski definition) is 5. The van der Waals surface area contributed by atoms with Gasteiger partial charge in [-0.2, -0.15) is 0 Å². The Morgan fingerprint density at radius 1 is 1.33 bits per heavy atom. The summed E-state index contributed by atoms with van der Waals surface area (Å²) in [6.07, 6.45) is 2.04. The smallest absolute Gasteiger partial charge is 0.222 e. The van der Waals surface area contributed by atoms with E-state index in [2.05, 4.69) is 43.2 Å². The van der Waals surface area contributed by atoms with Gasteiger partial charge in [-0.1, -0.05) is 0 Å². The molecule has 0 saturated carbocycles. The first kappa shape index (κ1) is 13.5. The average Bonchev–Trinajstić information content (AvgIpc) is 2.85. The fourth-order valence-corrected chi connectivity index (χ4v) is 2.07. The maximum atomic E-state index is 5.69. The summed E-state index contributed by atoms with van der Waals surface area (Å²) in [4.78, 5) is 0. The van der Waals surface area contributed by atoms with Crippen LogP contribution in [0.3, 0.4) is 0 Å². The topological polar surface area (TPSA) is 60.2 Å². The minimum absolute atomic E-state index is 0.123. The van der Waals surface area contributed by atoms with Crippen molar-refractivity contribution in [3.8, 4) is 0 Å². The van der Waals surface area contributed by atoms with Gasteiger partial charge in [-0.25, -0.2) is 0 Å². The van der Waals surface area contributed by atoms with Crippen molar-refractivity contribution in [2.45, 2.75) is 58.1 Å². The van der Waals surface area contributed by atoms with E-state index in [-0.39, 0.29) is 11.5 Å². The molecule has 1 aromatic rings. The lowest BCUT2D eigenvalue weighted by molar-refractivity contribution is 0.122. The monoisotopic (exact) mass is 253 g/mol. The Balaban J connectivity index is 1.83. The van der Waals surface area contributed by atoms with Crippen LogP contribution < -0.4 is 5.32 Å². The summed E-state index contributed by atoms with van der Waals surface area (Å²) in [6.45, 7) is 10.0. The third-order valence-electron chi connectivity index (χ3n) is 3.02. The van der Waals surface area contributed by atoms with E-state index in [1.54, 1.807) is 0 Å². The quantitative estimate of drug-likeness (QED) is 0.888. The van der Waals surface area contributed by atoms with Gasteiger partial charge < -0.3 is 14.5 Å². The van der Waals surface area contributed by atoms with Gasteiger partial charge in [0.05, 0.1) is 18.6 Å². The molecule has 0 spiro atoms. The SMILES string of the molecule is CC1CC(c2nnc(CCNC(C)(C)C)o2)CO1. The van der Waals surface area contributed by atoms with E-state index in [1.165, 1.54) is 0 Å². The third-order valence-corrected chi connectivity index (χ3v) is 3.02. The predicted molar refractivity (Wildman–Crippen MR) is 68.5 cm³/mol. The van der Waals surface area contributed by atoms with Crippen LogP contribution in [0.25, 0.3) is 0 Å². The van der Waals surface area contributed by atoms with Crippen molar-refractivity contribution in [3.63, 3.8) is 0 Å². The second-order valence-electron chi connectivity index (χ2n) is 6.04. The zero-order valence-corrected chi connectivity index (χ0v) is 11.7. The van der Waals surface area contributed by atoms with Crippen molar-refractivity contribution in [1.82, 2.24) is 15.5 Å². The Hall–Kier alpha value is -0.940. The zero-order chi connectivity index (χ0) is 13.2. The summed E-state index contributed by atoms with van der Waals surface area (Å²) in [7, 11) is 0. The van der Waals surface area contributed by atoms with Gasteiger partial charge in [-0.3, -0.25) is 0 Å². The second kappa shape index (κ2) is 5.36. The van der Waals surface area contributed by atoms with Crippen LogP contribution in [-0.4, -0.2) is 35.0 Å². The summed E-state index contributed by atoms with van der Waals surface area (Å²) in [6, 6.07) is 0. The number of ether oxygens (including phenoxy) is 1. The van der Waals surface area contributed by atoms with Crippen LogP contribution in [0, 0.1) is 0 Å².